The van der Waals surface area contributed by atoms with Crippen molar-refractivity contribution >= 4 is 29.0 Å². The lowest BCUT2D eigenvalue weighted by Crippen LogP contribution is -2.16. The molecule has 0 saturated heterocycles. The molecule has 7 heteroatoms. The van der Waals surface area contributed by atoms with Crippen molar-refractivity contribution in [1.29, 1.82) is 0 Å². The minimum Gasteiger partial charge on any atom is -0.368 e. The lowest BCUT2D eigenvalue weighted by atomic mass is 10.2. The van der Waals surface area contributed by atoms with Crippen molar-refractivity contribution < 1.29 is 13.6 Å². The van der Waals surface area contributed by atoms with Gasteiger partial charge in [-0.2, -0.15) is 0 Å². The van der Waals surface area contributed by atoms with Crippen LogP contribution in [0.15, 0.2) is 30.5 Å². The van der Waals surface area contributed by atoms with Gasteiger partial charge in [0.15, 0.2) is 11.6 Å². The molecule has 1 aromatic heterocycles. The molecule has 0 aliphatic carbocycles. The van der Waals surface area contributed by atoms with Crippen molar-refractivity contribution in [3.8, 4) is 0 Å². The van der Waals surface area contributed by atoms with E-state index in [1.54, 1.807) is 6.92 Å². The zero-order valence-corrected chi connectivity index (χ0v) is 11.8. The van der Waals surface area contributed by atoms with Crippen LogP contribution in [0, 0.1) is 11.6 Å². The Bertz CT molecular complexity index is 659. The molecule has 2 aromatic rings. The summed E-state index contributed by atoms with van der Waals surface area (Å²) in [5, 5.41) is 4.99. The van der Waals surface area contributed by atoms with E-state index >= 15 is 0 Å². The minimum atomic E-state index is -0.805. The molecule has 1 amide bonds. The topological polar surface area (TPSA) is 54.0 Å². The van der Waals surface area contributed by atoms with Crippen molar-refractivity contribution in [2.75, 3.05) is 17.2 Å². The van der Waals surface area contributed by atoms with Crippen molar-refractivity contribution in [3.05, 3.63) is 52.7 Å². The third-order valence-electron chi connectivity index (χ3n) is 2.68. The van der Waals surface area contributed by atoms with Gasteiger partial charge in [0.25, 0.3) is 5.91 Å². The highest BCUT2D eigenvalue weighted by atomic mass is 35.5. The molecule has 0 bridgehead atoms. The van der Waals surface area contributed by atoms with Gasteiger partial charge in [0.05, 0.1) is 16.3 Å². The van der Waals surface area contributed by atoms with Gasteiger partial charge in [-0.1, -0.05) is 17.7 Å². The van der Waals surface area contributed by atoms with Gasteiger partial charge in [0.1, 0.15) is 5.82 Å². The summed E-state index contributed by atoms with van der Waals surface area (Å²) < 4.78 is 27.7. The first-order chi connectivity index (χ1) is 10.0. The van der Waals surface area contributed by atoms with E-state index in [9.17, 15) is 13.6 Å². The first-order valence-electron chi connectivity index (χ1n) is 6.18. The molecule has 2 N–H and O–H groups in total. The van der Waals surface area contributed by atoms with Crippen molar-refractivity contribution in [3.63, 3.8) is 0 Å². The molecule has 1 aromatic carbocycles. The Morgan fingerprint density at radius 2 is 2.10 bits per heavy atom. The number of nitrogens with one attached hydrogen (secondary N) is 2. The van der Waals surface area contributed by atoms with Gasteiger partial charge >= 0.3 is 0 Å². The van der Waals surface area contributed by atoms with Gasteiger partial charge in [0.2, 0.25) is 0 Å². The van der Waals surface area contributed by atoms with E-state index in [0.717, 1.165) is 6.07 Å². The monoisotopic (exact) mass is 311 g/mol. The van der Waals surface area contributed by atoms with Crippen molar-refractivity contribution in [1.82, 2.24) is 4.98 Å². The summed E-state index contributed by atoms with van der Waals surface area (Å²) in [7, 11) is 0. The molecule has 0 spiro atoms. The molecule has 4 nitrogen and oxygen atoms in total. The van der Waals surface area contributed by atoms with E-state index in [1.807, 2.05) is 0 Å². The molecule has 0 aliphatic rings. The maximum Gasteiger partial charge on any atom is 0.258 e. The average Bonchev–Trinajstić information content (AvgIpc) is 2.45. The molecule has 110 valence electrons. The van der Waals surface area contributed by atoms with Gasteiger partial charge in [0, 0.05) is 12.7 Å². The summed E-state index contributed by atoms with van der Waals surface area (Å²) in [6.07, 6.45) is 1.29. The van der Waals surface area contributed by atoms with Crippen LogP contribution in [0.5, 0.6) is 0 Å². The number of hydrogen-bond acceptors (Lipinski definition) is 3. The maximum atomic E-state index is 14.1. The van der Waals surface area contributed by atoms with E-state index in [1.165, 1.54) is 24.4 Å². The van der Waals surface area contributed by atoms with Gasteiger partial charge in [-0.15, -0.1) is 0 Å². The lowest BCUT2D eigenvalue weighted by Gasteiger charge is -2.10. The van der Waals surface area contributed by atoms with Gasteiger partial charge < -0.3 is 10.6 Å². The highest BCUT2D eigenvalue weighted by Gasteiger charge is 2.18. The SMILES string of the molecule is CCNc1nccc(C(=O)Nc2c(F)cccc2Cl)c1F. The Morgan fingerprint density at radius 3 is 2.76 bits per heavy atom. The number of halogens is 3. The van der Waals surface area contributed by atoms with Gasteiger partial charge in [-0.25, -0.2) is 13.8 Å². The van der Waals surface area contributed by atoms with Crippen LogP contribution in [0.2, 0.25) is 5.02 Å². The predicted octanol–water partition coefficient (Wildman–Crippen LogP) is 3.70. The molecule has 0 unspecified atom stereocenters. The second-order valence-corrected chi connectivity index (χ2v) is 4.51. The number of hydrogen-bond donors (Lipinski definition) is 2. The van der Waals surface area contributed by atoms with Crippen LogP contribution >= 0.6 is 11.6 Å². The van der Waals surface area contributed by atoms with Crippen LogP contribution in [-0.4, -0.2) is 17.4 Å². The van der Waals surface area contributed by atoms with Crippen molar-refractivity contribution in [2.24, 2.45) is 0 Å². The largest absolute Gasteiger partial charge is 0.368 e. The number of anilines is 2. The van der Waals surface area contributed by atoms with Crippen molar-refractivity contribution in [2.45, 2.75) is 6.92 Å². The van der Waals surface area contributed by atoms with Gasteiger partial charge in [-0.05, 0) is 25.1 Å². The molecule has 0 fully saturated rings. The summed E-state index contributed by atoms with van der Waals surface area (Å²) >= 11 is 5.81. The molecule has 0 atom stereocenters. The summed E-state index contributed by atoms with van der Waals surface area (Å²) in [4.78, 5) is 15.9. The Labute approximate surface area is 125 Å². The highest BCUT2D eigenvalue weighted by Crippen LogP contribution is 2.26. The first-order valence-corrected chi connectivity index (χ1v) is 6.56. The number of carbonyl (C=O) groups excluding carboxylic acids is 1. The van der Waals surface area contributed by atoms with Gasteiger partial charge in [-0.3, -0.25) is 4.79 Å². The highest BCUT2D eigenvalue weighted by molar-refractivity contribution is 6.34. The standard InChI is InChI=1S/C14H12ClF2N3O/c1-2-18-13-11(17)8(6-7-19-13)14(21)20-12-9(15)4-3-5-10(12)16/h3-7H,2H2,1H3,(H,18,19)(H,20,21). The average molecular weight is 312 g/mol. The van der Waals surface area contributed by atoms with E-state index in [4.69, 9.17) is 11.6 Å². The number of aromatic nitrogens is 1. The molecule has 0 radical (unpaired) electrons. The Hall–Kier alpha value is -2.21. The number of carbonyl (C=O) groups is 1. The molecule has 0 saturated carbocycles. The second-order valence-electron chi connectivity index (χ2n) is 4.10. The Kier molecular flexibility index (Phi) is 4.70. The third kappa shape index (κ3) is 3.28. The number of benzene rings is 1. The molecule has 2 rings (SSSR count). The molecular formula is C14H12ClF2N3O. The molecule has 1 heterocycles. The van der Waals surface area contributed by atoms with E-state index in [0.29, 0.717) is 6.54 Å². The fourth-order valence-corrected chi connectivity index (χ4v) is 1.92. The zero-order chi connectivity index (χ0) is 15.4. The van der Waals surface area contributed by atoms with Crippen LogP contribution in [0.4, 0.5) is 20.3 Å². The van der Waals surface area contributed by atoms with Crippen LogP contribution in [0.25, 0.3) is 0 Å². The normalized spacial score (nSPS) is 10.3. The fourth-order valence-electron chi connectivity index (χ4n) is 1.71. The lowest BCUT2D eigenvalue weighted by molar-refractivity contribution is 0.102. The number of nitrogens with zero attached hydrogens (tertiary/aromatic N) is 1. The zero-order valence-electron chi connectivity index (χ0n) is 11.1. The number of para-hydroxylation sites is 1. The number of rotatable bonds is 4. The Morgan fingerprint density at radius 1 is 1.33 bits per heavy atom. The smallest absolute Gasteiger partial charge is 0.258 e. The first kappa shape index (κ1) is 15.2. The summed E-state index contributed by atoms with van der Waals surface area (Å²) in [5.74, 6) is -2.34. The third-order valence-corrected chi connectivity index (χ3v) is 2.99. The molecule has 0 aliphatic heterocycles. The predicted molar refractivity (Wildman–Crippen MR) is 77.7 cm³/mol. The summed E-state index contributed by atoms with van der Waals surface area (Å²) in [5.41, 5.74) is -0.439. The number of amides is 1. The molecule has 21 heavy (non-hydrogen) atoms. The van der Waals surface area contributed by atoms with Crippen LogP contribution in [0.1, 0.15) is 17.3 Å². The quantitative estimate of drug-likeness (QED) is 0.905. The van der Waals surface area contributed by atoms with Crippen LogP contribution in [-0.2, 0) is 0 Å². The van der Waals surface area contributed by atoms with E-state index in [2.05, 4.69) is 15.6 Å². The van der Waals surface area contributed by atoms with Crippen LogP contribution in [0.3, 0.4) is 0 Å². The van der Waals surface area contributed by atoms with Crippen LogP contribution < -0.4 is 10.6 Å². The second kappa shape index (κ2) is 6.49. The number of pyridine rings is 1. The molecular weight excluding hydrogens is 300 g/mol. The summed E-state index contributed by atoms with van der Waals surface area (Å²) in [6, 6.07) is 5.19. The van der Waals surface area contributed by atoms with E-state index < -0.39 is 17.5 Å². The Balaban J connectivity index is 2.31. The maximum absolute atomic E-state index is 14.1. The fraction of sp³-hybridized carbons (Fsp3) is 0.143. The summed E-state index contributed by atoms with van der Waals surface area (Å²) in [6.45, 7) is 2.22. The minimum absolute atomic E-state index is 0.0321. The van der Waals surface area contributed by atoms with E-state index in [-0.39, 0.29) is 22.1 Å².